The number of hydrogen-bond acceptors (Lipinski definition) is 3. The fourth-order valence-corrected chi connectivity index (χ4v) is 1.90. The number of benzene rings is 1. The predicted octanol–water partition coefficient (Wildman–Crippen LogP) is 0.979. The van der Waals surface area contributed by atoms with Crippen molar-refractivity contribution >= 4 is 11.9 Å². The van der Waals surface area contributed by atoms with Crippen LogP contribution < -0.4 is 4.74 Å². The first kappa shape index (κ1) is 10.5. The Morgan fingerprint density at radius 3 is 2.75 bits per heavy atom. The summed E-state index contributed by atoms with van der Waals surface area (Å²) in [5.41, 5.74) is 0.925. The Morgan fingerprint density at radius 1 is 1.50 bits per heavy atom. The number of rotatable bonds is 2. The molecule has 16 heavy (non-hydrogen) atoms. The van der Waals surface area contributed by atoms with Crippen molar-refractivity contribution in [3.63, 3.8) is 0 Å². The summed E-state index contributed by atoms with van der Waals surface area (Å²) in [4.78, 5) is 24.4. The van der Waals surface area contributed by atoms with Crippen LogP contribution in [0, 0.1) is 0 Å². The molecule has 2 rings (SSSR count). The average Bonchev–Trinajstić information content (AvgIpc) is 2.53. The van der Waals surface area contributed by atoms with Crippen molar-refractivity contribution in [3.8, 4) is 5.75 Å². The fourth-order valence-electron chi connectivity index (χ4n) is 1.90. The SMILES string of the molecule is COc1ccc2c(c1C(=O)O)C(=O)N(C)C2. The van der Waals surface area contributed by atoms with E-state index in [1.807, 2.05) is 0 Å². The average molecular weight is 221 g/mol. The second-order valence-corrected chi connectivity index (χ2v) is 3.64. The van der Waals surface area contributed by atoms with Gasteiger partial charge in [0, 0.05) is 13.6 Å². The molecule has 1 aromatic rings. The molecular formula is C11H11NO4. The Kier molecular flexibility index (Phi) is 2.30. The number of carboxylic acids is 1. The molecule has 0 aromatic heterocycles. The van der Waals surface area contributed by atoms with Crippen LogP contribution in [-0.2, 0) is 6.54 Å². The van der Waals surface area contributed by atoms with Crippen molar-refractivity contribution in [3.05, 3.63) is 28.8 Å². The molecule has 0 saturated heterocycles. The molecule has 0 atom stereocenters. The lowest BCUT2D eigenvalue weighted by Gasteiger charge is -2.08. The van der Waals surface area contributed by atoms with E-state index >= 15 is 0 Å². The molecule has 0 radical (unpaired) electrons. The van der Waals surface area contributed by atoms with E-state index in [-0.39, 0.29) is 22.8 Å². The van der Waals surface area contributed by atoms with Gasteiger partial charge in [0.1, 0.15) is 11.3 Å². The number of aromatic carboxylic acids is 1. The van der Waals surface area contributed by atoms with E-state index in [4.69, 9.17) is 9.84 Å². The highest BCUT2D eigenvalue weighted by Gasteiger charge is 2.32. The topological polar surface area (TPSA) is 66.8 Å². The fraction of sp³-hybridized carbons (Fsp3) is 0.273. The first-order valence-electron chi connectivity index (χ1n) is 4.75. The van der Waals surface area contributed by atoms with Gasteiger partial charge in [-0.1, -0.05) is 6.07 Å². The summed E-state index contributed by atoms with van der Waals surface area (Å²) in [6, 6.07) is 3.30. The summed E-state index contributed by atoms with van der Waals surface area (Å²) in [7, 11) is 3.03. The number of carbonyl (C=O) groups is 2. The first-order valence-corrected chi connectivity index (χ1v) is 4.75. The Labute approximate surface area is 92.2 Å². The molecule has 1 aliphatic heterocycles. The summed E-state index contributed by atoms with van der Waals surface area (Å²) in [5.74, 6) is -1.20. The van der Waals surface area contributed by atoms with Gasteiger partial charge in [-0.15, -0.1) is 0 Å². The number of hydrogen-bond donors (Lipinski definition) is 1. The van der Waals surface area contributed by atoms with E-state index in [9.17, 15) is 9.59 Å². The van der Waals surface area contributed by atoms with Crippen molar-refractivity contribution in [2.24, 2.45) is 0 Å². The number of fused-ring (bicyclic) bond motifs is 1. The highest BCUT2D eigenvalue weighted by Crippen LogP contribution is 2.31. The van der Waals surface area contributed by atoms with Crippen LogP contribution >= 0.6 is 0 Å². The van der Waals surface area contributed by atoms with Crippen LogP contribution in [0.25, 0.3) is 0 Å². The van der Waals surface area contributed by atoms with Crippen LogP contribution in [-0.4, -0.2) is 36.0 Å². The smallest absolute Gasteiger partial charge is 0.340 e. The van der Waals surface area contributed by atoms with Gasteiger partial charge in [-0.05, 0) is 11.6 Å². The monoisotopic (exact) mass is 221 g/mol. The quantitative estimate of drug-likeness (QED) is 0.808. The summed E-state index contributed by atoms with van der Waals surface area (Å²) in [6.07, 6.45) is 0. The van der Waals surface area contributed by atoms with Crippen molar-refractivity contribution in [1.82, 2.24) is 4.90 Å². The molecule has 0 bridgehead atoms. The Morgan fingerprint density at radius 2 is 2.19 bits per heavy atom. The minimum atomic E-state index is -1.14. The van der Waals surface area contributed by atoms with Crippen molar-refractivity contribution in [2.45, 2.75) is 6.54 Å². The van der Waals surface area contributed by atoms with E-state index in [0.29, 0.717) is 6.54 Å². The molecule has 0 fully saturated rings. The van der Waals surface area contributed by atoms with Crippen LogP contribution in [0.5, 0.6) is 5.75 Å². The third-order valence-corrected chi connectivity index (χ3v) is 2.66. The molecule has 1 aromatic carbocycles. The largest absolute Gasteiger partial charge is 0.496 e. The third kappa shape index (κ3) is 1.32. The lowest BCUT2D eigenvalue weighted by atomic mass is 10.0. The summed E-state index contributed by atoms with van der Waals surface area (Å²) in [6.45, 7) is 0.443. The molecule has 1 amide bonds. The lowest BCUT2D eigenvalue weighted by molar-refractivity contribution is 0.0682. The second-order valence-electron chi connectivity index (χ2n) is 3.64. The van der Waals surface area contributed by atoms with E-state index in [0.717, 1.165) is 5.56 Å². The maximum absolute atomic E-state index is 11.8. The van der Waals surface area contributed by atoms with Gasteiger partial charge in [0.15, 0.2) is 0 Å². The molecule has 0 spiro atoms. The van der Waals surface area contributed by atoms with Crippen LogP contribution in [0.2, 0.25) is 0 Å². The zero-order chi connectivity index (χ0) is 11.9. The zero-order valence-electron chi connectivity index (χ0n) is 8.98. The van der Waals surface area contributed by atoms with Crippen LogP contribution in [0.3, 0.4) is 0 Å². The second kappa shape index (κ2) is 3.52. The Bertz CT molecular complexity index is 481. The number of methoxy groups -OCH3 is 1. The maximum atomic E-state index is 11.8. The molecule has 0 unspecified atom stereocenters. The van der Waals surface area contributed by atoms with Crippen molar-refractivity contribution in [1.29, 1.82) is 0 Å². The first-order chi connectivity index (χ1) is 7.56. The zero-order valence-corrected chi connectivity index (χ0v) is 8.98. The van der Waals surface area contributed by atoms with E-state index < -0.39 is 5.97 Å². The van der Waals surface area contributed by atoms with Gasteiger partial charge in [0.2, 0.25) is 0 Å². The summed E-state index contributed by atoms with van der Waals surface area (Å²) < 4.78 is 4.96. The number of carbonyl (C=O) groups excluding carboxylic acids is 1. The highest BCUT2D eigenvalue weighted by atomic mass is 16.5. The van der Waals surface area contributed by atoms with Gasteiger partial charge in [0.05, 0.1) is 12.7 Å². The number of ether oxygens (including phenoxy) is 1. The van der Waals surface area contributed by atoms with Gasteiger partial charge >= 0.3 is 5.97 Å². The normalized spacial score (nSPS) is 13.9. The summed E-state index contributed by atoms with van der Waals surface area (Å²) >= 11 is 0. The molecule has 1 aliphatic rings. The molecule has 5 heteroatoms. The van der Waals surface area contributed by atoms with Crippen molar-refractivity contribution < 1.29 is 19.4 Å². The van der Waals surface area contributed by atoms with Gasteiger partial charge in [-0.25, -0.2) is 4.79 Å². The molecular weight excluding hydrogens is 210 g/mol. The lowest BCUT2D eigenvalue weighted by Crippen LogP contribution is -2.19. The van der Waals surface area contributed by atoms with Gasteiger partial charge in [-0.3, -0.25) is 4.79 Å². The molecule has 5 nitrogen and oxygen atoms in total. The van der Waals surface area contributed by atoms with E-state index in [1.54, 1.807) is 19.2 Å². The van der Waals surface area contributed by atoms with Crippen molar-refractivity contribution in [2.75, 3.05) is 14.2 Å². The minimum absolute atomic E-state index is 0.0469. The standard InChI is InChI=1S/C11H11NO4/c1-12-5-6-3-4-7(16-2)9(11(14)15)8(6)10(12)13/h3-4H,5H2,1-2H3,(H,14,15). The molecule has 1 heterocycles. The minimum Gasteiger partial charge on any atom is -0.496 e. The van der Waals surface area contributed by atoms with Gasteiger partial charge in [-0.2, -0.15) is 0 Å². The highest BCUT2D eigenvalue weighted by molar-refractivity contribution is 6.09. The summed E-state index contributed by atoms with van der Waals surface area (Å²) in [5, 5.41) is 9.11. The molecule has 0 saturated carbocycles. The third-order valence-electron chi connectivity index (χ3n) is 2.66. The molecule has 0 aliphatic carbocycles. The number of carboxylic acid groups (broad SMARTS) is 1. The predicted molar refractivity (Wildman–Crippen MR) is 55.8 cm³/mol. The molecule has 84 valence electrons. The Hall–Kier alpha value is -2.04. The van der Waals surface area contributed by atoms with E-state index in [2.05, 4.69) is 0 Å². The van der Waals surface area contributed by atoms with Gasteiger partial charge in [0.25, 0.3) is 5.91 Å². The van der Waals surface area contributed by atoms with Gasteiger partial charge < -0.3 is 14.7 Å². The number of nitrogens with zero attached hydrogens (tertiary/aromatic N) is 1. The maximum Gasteiger partial charge on any atom is 0.340 e. The Balaban J connectivity index is 2.70. The molecule has 1 N–H and O–H groups in total. The van der Waals surface area contributed by atoms with Crippen LogP contribution in [0.15, 0.2) is 12.1 Å². The van der Waals surface area contributed by atoms with Crippen LogP contribution in [0.1, 0.15) is 26.3 Å². The van der Waals surface area contributed by atoms with E-state index in [1.165, 1.54) is 12.0 Å². The number of amides is 1. The van der Waals surface area contributed by atoms with Crippen LogP contribution in [0.4, 0.5) is 0 Å².